The number of hydrogen-bond acceptors (Lipinski definition) is 2. The van der Waals surface area contributed by atoms with Crippen molar-refractivity contribution < 1.29 is 4.79 Å². The fourth-order valence-corrected chi connectivity index (χ4v) is 3.15. The lowest BCUT2D eigenvalue weighted by atomic mass is 9.98. The van der Waals surface area contributed by atoms with E-state index < -0.39 is 0 Å². The van der Waals surface area contributed by atoms with Crippen molar-refractivity contribution in [3.8, 4) is 0 Å². The third-order valence-corrected chi connectivity index (χ3v) is 4.27. The Morgan fingerprint density at radius 1 is 1.32 bits per heavy atom. The number of benzene rings is 1. The van der Waals surface area contributed by atoms with Crippen LogP contribution < -0.4 is 11.1 Å². The summed E-state index contributed by atoms with van der Waals surface area (Å²) in [4.78, 5) is 14.1. The topological polar surface area (TPSA) is 58.4 Å². The maximum absolute atomic E-state index is 12.2. The lowest BCUT2D eigenvalue weighted by Gasteiger charge is -2.30. The van der Waals surface area contributed by atoms with Crippen LogP contribution in [0.4, 0.5) is 10.5 Å². The van der Waals surface area contributed by atoms with Crippen LogP contribution in [0.5, 0.6) is 0 Å². The summed E-state index contributed by atoms with van der Waals surface area (Å²) in [5, 5.41) is 3.15. The third-order valence-electron chi connectivity index (χ3n) is 4.27. The van der Waals surface area contributed by atoms with Crippen molar-refractivity contribution in [2.24, 2.45) is 0 Å². The summed E-state index contributed by atoms with van der Waals surface area (Å²) in [5.74, 6) is 0. The minimum Gasteiger partial charge on any atom is -0.398 e. The zero-order valence-electron chi connectivity index (χ0n) is 11.2. The van der Waals surface area contributed by atoms with Crippen LogP contribution in [0.25, 0.3) is 0 Å². The van der Waals surface area contributed by atoms with Gasteiger partial charge in [0.15, 0.2) is 0 Å². The van der Waals surface area contributed by atoms with Crippen LogP contribution in [0.15, 0.2) is 18.2 Å². The molecule has 3 N–H and O–H groups in total. The molecule has 4 nitrogen and oxygen atoms in total. The van der Waals surface area contributed by atoms with Crippen LogP contribution in [0.1, 0.15) is 36.8 Å². The molecule has 1 heterocycles. The first-order valence-corrected chi connectivity index (χ1v) is 7.16. The van der Waals surface area contributed by atoms with Crippen molar-refractivity contribution >= 4 is 11.7 Å². The fraction of sp³-hybridized carbons (Fsp3) is 0.533. The number of fused-ring (bicyclic) bond motifs is 1. The van der Waals surface area contributed by atoms with Gasteiger partial charge in [-0.25, -0.2) is 4.79 Å². The molecule has 102 valence electrons. The van der Waals surface area contributed by atoms with Crippen molar-refractivity contribution in [2.75, 3.05) is 12.3 Å². The summed E-state index contributed by atoms with van der Waals surface area (Å²) >= 11 is 0. The maximum atomic E-state index is 12.2. The van der Waals surface area contributed by atoms with Gasteiger partial charge >= 0.3 is 6.03 Å². The summed E-state index contributed by atoms with van der Waals surface area (Å²) in [6.07, 6.45) is 5.60. The Morgan fingerprint density at radius 3 is 2.89 bits per heavy atom. The summed E-state index contributed by atoms with van der Waals surface area (Å²) in [6.45, 7) is 1.44. The average molecular weight is 259 g/mol. The molecule has 4 heteroatoms. The molecule has 0 atom stereocenters. The molecular formula is C15H21N3O. The highest BCUT2D eigenvalue weighted by molar-refractivity contribution is 5.75. The van der Waals surface area contributed by atoms with Crippen LogP contribution in [0.2, 0.25) is 0 Å². The molecule has 1 aromatic carbocycles. The minimum absolute atomic E-state index is 0.0833. The summed E-state index contributed by atoms with van der Waals surface area (Å²) < 4.78 is 0. The van der Waals surface area contributed by atoms with Crippen LogP contribution >= 0.6 is 0 Å². The molecule has 1 aliphatic heterocycles. The van der Waals surface area contributed by atoms with Crippen molar-refractivity contribution in [1.29, 1.82) is 0 Å². The fourth-order valence-electron chi connectivity index (χ4n) is 3.15. The second kappa shape index (κ2) is 5.11. The first-order valence-electron chi connectivity index (χ1n) is 7.16. The summed E-state index contributed by atoms with van der Waals surface area (Å²) in [7, 11) is 0. The van der Waals surface area contributed by atoms with E-state index in [1.807, 2.05) is 17.0 Å². The number of carbonyl (C=O) groups excluding carboxylic acids is 1. The van der Waals surface area contributed by atoms with Gasteiger partial charge in [0, 0.05) is 24.8 Å². The number of hydrogen-bond donors (Lipinski definition) is 2. The van der Waals surface area contributed by atoms with Gasteiger partial charge in [0.05, 0.1) is 0 Å². The Labute approximate surface area is 114 Å². The van der Waals surface area contributed by atoms with E-state index in [1.165, 1.54) is 24.0 Å². The number of carbonyl (C=O) groups is 1. The highest BCUT2D eigenvalue weighted by Gasteiger charge is 2.24. The Balaban J connectivity index is 1.66. The molecule has 19 heavy (non-hydrogen) atoms. The van der Waals surface area contributed by atoms with Crippen molar-refractivity contribution in [1.82, 2.24) is 10.2 Å². The van der Waals surface area contributed by atoms with E-state index in [-0.39, 0.29) is 6.03 Å². The number of urea groups is 1. The first kappa shape index (κ1) is 12.3. The van der Waals surface area contributed by atoms with E-state index in [1.54, 1.807) is 0 Å². The van der Waals surface area contributed by atoms with E-state index in [0.29, 0.717) is 12.6 Å². The number of nitrogens with two attached hydrogens (primary N) is 1. The largest absolute Gasteiger partial charge is 0.398 e. The lowest BCUT2D eigenvalue weighted by molar-refractivity contribution is 0.188. The van der Waals surface area contributed by atoms with E-state index >= 15 is 0 Å². The molecular weight excluding hydrogens is 238 g/mol. The Bertz CT molecular complexity index is 480. The highest BCUT2D eigenvalue weighted by atomic mass is 16.2. The number of anilines is 1. The zero-order chi connectivity index (χ0) is 13.2. The van der Waals surface area contributed by atoms with Gasteiger partial charge in [0.1, 0.15) is 0 Å². The van der Waals surface area contributed by atoms with Gasteiger partial charge in [-0.05, 0) is 36.5 Å². The summed E-state index contributed by atoms with van der Waals surface area (Å²) in [5.41, 5.74) is 9.23. The first-order chi connectivity index (χ1) is 9.24. The summed E-state index contributed by atoms with van der Waals surface area (Å²) in [6, 6.07) is 6.44. The average Bonchev–Trinajstić information content (AvgIpc) is 2.91. The second-order valence-corrected chi connectivity index (χ2v) is 5.59. The van der Waals surface area contributed by atoms with Crippen molar-refractivity contribution in [3.63, 3.8) is 0 Å². The van der Waals surface area contributed by atoms with Crippen LogP contribution in [0.3, 0.4) is 0 Å². The van der Waals surface area contributed by atoms with Crippen molar-refractivity contribution in [3.05, 3.63) is 29.3 Å². The predicted octanol–water partition coefficient (Wildman–Crippen LogP) is 2.28. The van der Waals surface area contributed by atoms with Crippen LogP contribution in [-0.4, -0.2) is 23.5 Å². The number of amides is 2. The molecule has 0 radical (unpaired) electrons. The van der Waals surface area contributed by atoms with E-state index in [2.05, 4.69) is 11.4 Å². The molecule has 1 aromatic rings. The van der Waals surface area contributed by atoms with E-state index in [9.17, 15) is 4.79 Å². The van der Waals surface area contributed by atoms with Gasteiger partial charge in [-0.3, -0.25) is 0 Å². The van der Waals surface area contributed by atoms with Gasteiger partial charge < -0.3 is 16.0 Å². The van der Waals surface area contributed by atoms with Crippen LogP contribution in [0, 0.1) is 0 Å². The molecule has 2 amide bonds. The monoisotopic (exact) mass is 259 g/mol. The maximum Gasteiger partial charge on any atom is 0.317 e. The van der Waals surface area contributed by atoms with Crippen molar-refractivity contribution in [2.45, 2.75) is 44.7 Å². The van der Waals surface area contributed by atoms with E-state index in [0.717, 1.165) is 31.5 Å². The highest BCUT2D eigenvalue weighted by Crippen LogP contribution is 2.24. The quantitative estimate of drug-likeness (QED) is 0.760. The zero-order valence-corrected chi connectivity index (χ0v) is 11.2. The predicted molar refractivity (Wildman–Crippen MR) is 75.8 cm³/mol. The number of nitrogens with one attached hydrogen (secondary N) is 1. The Morgan fingerprint density at radius 2 is 2.11 bits per heavy atom. The standard InChI is InChI=1S/C15H21N3O/c16-14-7-3-4-11-10-18(9-8-13(11)14)15(19)17-12-5-1-2-6-12/h3-4,7,12H,1-2,5-6,8-10,16H2,(H,17,19). The van der Waals surface area contributed by atoms with E-state index in [4.69, 9.17) is 5.73 Å². The SMILES string of the molecule is Nc1cccc2c1CCN(C(=O)NC1CCCC1)C2. The molecule has 0 bridgehead atoms. The number of rotatable bonds is 1. The Hall–Kier alpha value is -1.71. The van der Waals surface area contributed by atoms with Gasteiger partial charge in [0.2, 0.25) is 0 Å². The minimum atomic E-state index is 0.0833. The third kappa shape index (κ3) is 2.53. The Kier molecular flexibility index (Phi) is 3.32. The molecule has 3 rings (SSSR count). The molecule has 2 aliphatic rings. The number of nitrogen functional groups attached to an aromatic ring is 1. The molecule has 0 saturated heterocycles. The molecule has 1 aliphatic carbocycles. The second-order valence-electron chi connectivity index (χ2n) is 5.59. The molecule has 0 aromatic heterocycles. The lowest BCUT2D eigenvalue weighted by Crippen LogP contribution is -2.46. The van der Waals surface area contributed by atoms with Gasteiger partial charge in [-0.15, -0.1) is 0 Å². The van der Waals surface area contributed by atoms with Gasteiger partial charge in [-0.1, -0.05) is 25.0 Å². The molecule has 0 spiro atoms. The molecule has 1 saturated carbocycles. The number of nitrogens with zero attached hydrogens (tertiary/aromatic N) is 1. The van der Waals surface area contributed by atoms with Gasteiger partial charge in [0.25, 0.3) is 0 Å². The molecule has 1 fully saturated rings. The van der Waals surface area contributed by atoms with Gasteiger partial charge in [-0.2, -0.15) is 0 Å². The van der Waals surface area contributed by atoms with Crippen LogP contribution in [-0.2, 0) is 13.0 Å². The normalized spacial score (nSPS) is 19.3. The smallest absolute Gasteiger partial charge is 0.317 e. The molecule has 0 unspecified atom stereocenters.